The van der Waals surface area contributed by atoms with Crippen LogP contribution in [0.5, 0.6) is 5.75 Å². The molecule has 5 rings (SSSR count). The third-order valence-electron chi connectivity index (χ3n) is 4.98. The zero-order chi connectivity index (χ0) is 21.9. The Morgan fingerprint density at radius 1 is 1.06 bits per heavy atom. The number of pyridine rings is 2. The number of anilines is 1. The van der Waals surface area contributed by atoms with Gasteiger partial charge < -0.3 is 10.1 Å². The van der Waals surface area contributed by atoms with E-state index in [9.17, 15) is 4.79 Å². The molecule has 1 atom stereocenters. The fourth-order valence-corrected chi connectivity index (χ4v) is 3.42. The van der Waals surface area contributed by atoms with Crippen LogP contribution in [0.2, 0.25) is 0 Å². The number of hydrogen-bond donors (Lipinski definition) is 1. The van der Waals surface area contributed by atoms with Crippen LogP contribution in [-0.2, 0) is 0 Å². The molecule has 0 bridgehead atoms. The summed E-state index contributed by atoms with van der Waals surface area (Å²) in [6.45, 7) is 0. The molecular formula is C23H18N6O3. The van der Waals surface area contributed by atoms with Crippen LogP contribution in [0.25, 0.3) is 16.8 Å². The van der Waals surface area contributed by atoms with Crippen molar-refractivity contribution in [3.8, 4) is 17.0 Å². The van der Waals surface area contributed by atoms with Crippen LogP contribution in [0.4, 0.5) is 5.69 Å². The van der Waals surface area contributed by atoms with Gasteiger partial charge in [0.1, 0.15) is 17.5 Å². The molecule has 4 aromatic heterocycles. The van der Waals surface area contributed by atoms with Crippen molar-refractivity contribution >= 4 is 17.0 Å². The molecule has 0 saturated carbocycles. The lowest BCUT2D eigenvalue weighted by molar-refractivity contribution is 0.0958. The summed E-state index contributed by atoms with van der Waals surface area (Å²) >= 11 is 0. The van der Waals surface area contributed by atoms with E-state index in [0.717, 1.165) is 11.1 Å². The molecule has 1 N–H and O–H groups in total. The van der Waals surface area contributed by atoms with Gasteiger partial charge in [0.25, 0.3) is 0 Å². The maximum absolute atomic E-state index is 13.7. The molecule has 0 spiro atoms. The number of carbonyl (C=O) groups excluding carboxylic acids is 1. The van der Waals surface area contributed by atoms with Crippen LogP contribution in [0.3, 0.4) is 0 Å². The Labute approximate surface area is 182 Å². The van der Waals surface area contributed by atoms with Gasteiger partial charge in [0.2, 0.25) is 5.78 Å². The van der Waals surface area contributed by atoms with Crippen molar-refractivity contribution in [2.24, 2.45) is 0 Å². The second-order valence-electron chi connectivity index (χ2n) is 7.02. The minimum atomic E-state index is -0.863. The number of hydrogen-bond acceptors (Lipinski definition) is 8. The predicted molar refractivity (Wildman–Crippen MR) is 116 cm³/mol. The van der Waals surface area contributed by atoms with Gasteiger partial charge in [-0.25, -0.2) is 9.14 Å². The molecule has 9 heteroatoms. The zero-order valence-corrected chi connectivity index (χ0v) is 17.0. The average molecular weight is 426 g/mol. The Morgan fingerprint density at radius 2 is 1.91 bits per heavy atom. The van der Waals surface area contributed by atoms with E-state index in [1.165, 1.54) is 0 Å². The molecule has 1 unspecified atom stereocenters. The maximum Gasteiger partial charge on any atom is 0.215 e. The highest BCUT2D eigenvalue weighted by Crippen LogP contribution is 2.28. The van der Waals surface area contributed by atoms with E-state index in [-0.39, 0.29) is 11.5 Å². The minimum absolute atomic E-state index is 0.113. The quantitative estimate of drug-likeness (QED) is 0.391. The molecule has 1 aromatic carbocycles. The van der Waals surface area contributed by atoms with Crippen molar-refractivity contribution in [2.75, 3.05) is 12.4 Å². The Kier molecular flexibility index (Phi) is 5.04. The highest BCUT2D eigenvalue weighted by Gasteiger charge is 2.31. The number of benzene rings is 1. The van der Waals surface area contributed by atoms with E-state index >= 15 is 0 Å². The molecule has 0 radical (unpaired) electrons. The maximum atomic E-state index is 13.7. The van der Waals surface area contributed by atoms with E-state index in [1.54, 1.807) is 30.1 Å². The summed E-state index contributed by atoms with van der Waals surface area (Å²) in [7, 11) is 1.55. The summed E-state index contributed by atoms with van der Waals surface area (Å²) in [5, 5.41) is 15.7. The third kappa shape index (κ3) is 3.67. The summed E-state index contributed by atoms with van der Waals surface area (Å²) in [4.78, 5) is 17.9. The molecule has 5 aromatic rings. The van der Waals surface area contributed by atoms with Crippen LogP contribution in [0, 0.1) is 0 Å². The van der Waals surface area contributed by atoms with Crippen molar-refractivity contribution in [3.63, 3.8) is 0 Å². The van der Waals surface area contributed by atoms with Gasteiger partial charge in [-0.3, -0.25) is 9.78 Å². The van der Waals surface area contributed by atoms with Crippen molar-refractivity contribution in [3.05, 3.63) is 90.6 Å². The van der Waals surface area contributed by atoms with Gasteiger partial charge in [0.15, 0.2) is 5.69 Å². The smallest absolute Gasteiger partial charge is 0.215 e. The van der Waals surface area contributed by atoms with Crippen LogP contribution < -0.4 is 10.1 Å². The molecule has 0 fully saturated rings. The fraction of sp³-hybridized carbons (Fsp3) is 0.0870. The molecule has 0 aliphatic heterocycles. The van der Waals surface area contributed by atoms with Crippen LogP contribution >= 0.6 is 0 Å². The van der Waals surface area contributed by atoms with E-state index < -0.39 is 6.04 Å². The Hall–Kier alpha value is -4.53. The Bertz CT molecular complexity index is 1350. The second kappa shape index (κ2) is 8.31. The van der Waals surface area contributed by atoms with Gasteiger partial charge in [-0.2, -0.15) is 5.10 Å². The second-order valence-corrected chi connectivity index (χ2v) is 7.02. The van der Waals surface area contributed by atoms with Crippen molar-refractivity contribution in [1.82, 2.24) is 24.9 Å². The average Bonchev–Trinajstić information content (AvgIpc) is 3.50. The third-order valence-corrected chi connectivity index (χ3v) is 4.98. The van der Waals surface area contributed by atoms with Gasteiger partial charge in [-0.1, -0.05) is 36.4 Å². The zero-order valence-electron chi connectivity index (χ0n) is 17.0. The number of aromatic nitrogens is 5. The Morgan fingerprint density at radius 3 is 2.72 bits per heavy atom. The van der Waals surface area contributed by atoms with E-state index in [2.05, 4.69) is 25.7 Å². The molecule has 0 saturated heterocycles. The molecule has 4 heterocycles. The van der Waals surface area contributed by atoms with Gasteiger partial charge in [0, 0.05) is 17.8 Å². The summed E-state index contributed by atoms with van der Waals surface area (Å²) in [6.07, 6.45) is 5.01. The number of methoxy groups -OCH3 is 1. The first-order chi connectivity index (χ1) is 15.7. The highest BCUT2D eigenvalue weighted by molar-refractivity contribution is 6.04. The lowest BCUT2D eigenvalue weighted by atomic mass is 10.0. The normalized spacial score (nSPS) is 11.9. The summed E-state index contributed by atoms with van der Waals surface area (Å²) in [5.74, 6) is 0.223. The molecule has 158 valence electrons. The van der Waals surface area contributed by atoms with Crippen molar-refractivity contribution < 1.29 is 14.2 Å². The molecule has 9 nitrogen and oxygen atoms in total. The molecule has 32 heavy (non-hydrogen) atoms. The number of ether oxygens (including phenoxy) is 1. The van der Waals surface area contributed by atoms with Gasteiger partial charge >= 0.3 is 0 Å². The van der Waals surface area contributed by atoms with E-state index in [1.807, 2.05) is 60.8 Å². The van der Waals surface area contributed by atoms with E-state index in [4.69, 9.17) is 9.37 Å². The van der Waals surface area contributed by atoms with Crippen molar-refractivity contribution in [1.29, 1.82) is 0 Å². The number of fused-ring (bicyclic) bond motifs is 1. The first-order valence-electron chi connectivity index (χ1n) is 9.85. The highest BCUT2D eigenvalue weighted by atomic mass is 16.6. The fourth-order valence-electron chi connectivity index (χ4n) is 3.42. The van der Waals surface area contributed by atoms with Gasteiger partial charge in [-0.15, -0.1) is 0 Å². The lowest BCUT2D eigenvalue weighted by Gasteiger charge is -2.16. The summed E-state index contributed by atoms with van der Waals surface area (Å²) in [5.41, 5.74) is 3.18. The van der Waals surface area contributed by atoms with Crippen LogP contribution in [0.1, 0.15) is 22.2 Å². The Balaban J connectivity index is 1.58. The number of Topliss-reactive ketones (excluding diaryl/α,β-unsaturated/α-hetero) is 1. The molecule has 0 aliphatic rings. The first-order valence-corrected chi connectivity index (χ1v) is 9.85. The number of ketones is 1. The van der Waals surface area contributed by atoms with Gasteiger partial charge in [-0.05, 0) is 28.5 Å². The number of nitrogens with zero attached hydrogens (tertiary/aromatic N) is 5. The number of carbonyl (C=O) groups is 1. The number of nitrogens with one attached hydrogen (secondary N) is 1. The molecule has 0 amide bonds. The molecule has 0 aliphatic carbocycles. The van der Waals surface area contributed by atoms with Crippen LogP contribution in [-0.4, -0.2) is 37.8 Å². The summed E-state index contributed by atoms with van der Waals surface area (Å²) in [6, 6.07) is 17.7. The van der Waals surface area contributed by atoms with E-state index in [0.29, 0.717) is 22.8 Å². The topological polar surface area (TPSA) is 107 Å². The minimum Gasteiger partial charge on any atom is -0.495 e. The van der Waals surface area contributed by atoms with Crippen molar-refractivity contribution in [2.45, 2.75) is 6.04 Å². The number of rotatable bonds is 7. The SMILES string of the molecule is COc1cncc(NC(C(=O)c2nonc2-c2ccccc2)c2cc3ccccn3n2)c1. The molecular weight excluding hydrogens is 408 g/mol. The largest absolute Gasteiger partial charge is 0.495 e. The predicted octanol–water partition coefficient (Wildman–Crippen LogP) is 3.82. The lowest BCUT2D eigenvalue weighted by Crippen LogP contribution is -2.23. The summed E-state index contributed by atoms with van der Waals surface area (Å²) < 4.78 is 11.9. The standard InChI is InChI=1S/C23H18N6O3/c1-31-18-11-16(13-24-14-18)25-21(19-12-17-9-5-6-10-29(17)26-19)23(30)22-20(27-32-28-22)15-7-3-2-4-8-15/h2-14,21,25H,1H3. The first kappa shape index (κ1) is 19.4. The van der Waals surface area contributed by atoms with Gasteiger partial charge in [0.05, 0.1) is 36.4 Å². The monoisotopic (exact) mass is 426 g/mol. The van der Waals surface area contributed by atoms with Crippen LogP contribution in [0.15, 0.2) is 83.9 Å².